The number of pyridine rings is 1. The van der Waals surface area contributed by atoms with Crippen LogP contribution in [0.25, 0.3) is 11.0 Å². The number of carbonyl (C=O) groups is 1. The van der Waals surface area contributed by atoms with Gasteiger partial charge in [-0.15, -0.1) is 0 Å². The summed E-state index contributed by atoms with van der Waals surface area (Å²) in [6, 6.07) is 10.0. The number of aryl methyl sites for hydroxylation is 2. The fourth-order valence-corrected chi connectivity index (χ4v) is 4.19. The Morgan fingerprint density at radius 1 is 1.22 bits per heavy atom. The highest BCUT2D eigenvalue weighted by atomic mass is 16.5. The first-order valence-electron chi connectivity index (χ1n) is 11.3. The molecule has 0 aliphatic carbocycles. The van der Waals surface area contributed by atoms with Gasteiger partial charge in [0, 0.05) is 19.3 Å². The molecule has 2 heterocycles. The highest BCUT2D eigenvalue weighted by Gasteiger charge is 2.23. The zero-order chi connectivity index (χ0) is 23.4. The number of amides is 1. The third-order valence-corrected chi connectivity index (χ3v) is 6.01. The largest absolute Gasteiger partial charge is 0.497 e. The maximum absolute atomic E-state index is 13.4. The molecule has 1 amide bonds. The molecular weight excluding hydrogens is 402 g/mol. The van der Waals surface area contributed by atoms with E-state index in [1.54, 1.807) is 11.8 Å². The van der Waals surface area contributed by atoms with E-state index < -0.39 is 0 Å². The van der Waals surface area contributed by atoms with E-state index in [-0.39, 0.29) is 17.9 Å². The molecule has 7 nitrogen and oxygen atoms in total. The van der Waals surface area contributed by atoms with Crippen molar-refractivity contribution in [3.05, 3.63) is 52.8 Å². The van der Waals surface area contributed by atoms with Gasteiger partial charge in [-0.3, -0.25) is 14.4 Å². The van der Waals surface area contributed by atoms with Crippen LogP contribution in [-0.2, 0) is 7.05 Å². The predicted molar refractivity (Wildman–Crippen MR) is 128 cm³/mol. The second-order valence-electron chi connectivity index (χ2n) is 8.38. The summed E-state index contributed by atoms with van der Waals surface area (Å²) < 4.78 is 7.18. The Bertz CT molecular complexity index is 1090. The minimum Gasteiger partial charge on any atom is -0.497 e. The first-order valence-corrected chi connectivity index (χ1v) is 11.3. The second kappa shape index (κ2) is 10.1. The van der Waals surface area contributed by atoms with Gasteiger partial charge in [-0.25, -0.2) is 4.98 Å². The van der Waals surface area contributed by atoms with Crippen molar-refractivity contribution in [1.82, 2.24) is 25.0 Å². The molecular formula is C25H35N5O2. The lowest BCUT2D eigenvalue weighted by Crippen LogP contribution is -2.38. The van der Waals surface area contributed by atoms with Gasteiger partial charge in [0.05, 0.1) is 29.8 Å². The van der Waals surface area contributed by atoms with Crippen LogP contribution in [0.3, 0.4) is 0 Å². The van der Waals surface area contributed by atoms with Gasteiger partial charge >= 0.3 is 0 Å². The molecule has 0 spiro atoms. The van der Waals surface area contributed by atoms with E-state index >= 15 is 0 Å². The van der Waals surface area contributed by atoms with Crippen molar-refractivity contribution in [2.24, 2.45) is 7.05 Å². The monoisotopic (exact) mass is 437 g/mol. The topological polar surface area (TPSA) is 72.3 Å². The standard InChI is InChI=1S/C25H35N5O2/c1-8-30(9-2)22(18-11-10-12-19(13-18)32-7)15-26-25(31)20-14-21(16(3)4)27-24-23(20)17(5)28-29(24)6/h10-14,16,22H,8-9,15H2,1-7H3,(H,26,31). The lowest BCUT2D eigenvalue weighted by atomic mass is 10.0. The smallest absolute Gasteiger partial charge is 0.252 e. The molecule has 0 saturated heterocycles. The summed E-state index contributed by atoms with van der Waals surface area (Å²) in [5, 5.41) is 8.51. The zero-order valence-electron chi connectivity index (χ0n) is 20.3. The Balaban J connectivity index is 1.95. The molecule has 0 aliphatic heterocycles. The average Bonchev–Trinajstić information content (AvgIpc) is 3.09. The Morgan fingerprint density at radius 3 is 2.56 bits per heavy atom. The molecule has 172 valence electrons. The summed E-state index contributed by atoms with van der Waals surface area (Å²) in [4.78, 5) is 20.5. The van der Waals surface area contributed by atoms with E-state index in [0.717, 1.165) is 46.8 Å². The third kappa shape index (κ3) is 4.78. The molecule has 0 fully saturated rings. The van der Waals surface area contributed by atoms with Crippen LogP contribution in [0.1, 0.15) is 67.0 Å². The number of hydrogen-bond acceptors (Lipinski definition) is 5. The molecule has 0 aliphatic rings. The summed E-state index contributed by atoms with van der Waals surface area (Å²) in [6.07, 6.45) is 0. The second-order valence-corrected chi connectivity index (χ2v) is 8.38. The molecule has 1 N–H and O–H groups in total. The first-order chi connectivity index (χ1) is 15.3. The van der Waals surface area contributed by atoms with Gasteiger partial charge in [0.25, 0.3) is 5.91 Å². The Labute approximate surface area is 190 Å². The number of rotatable bonds is 9. The quantitative estimate of drug-likeness (QED) is 0.543. The van der Waals surface area contributed by atoms with Crippen molar-refractivity contribution in [1.29, 1.82) is 0 Å². The number of methoxy groups -OCH3 is 1. The van der Waals surface area contributed by atoms with Gasteiger partial charge in [-0.1, -0.05) is 39.8 Å². The van der Waals surface area contributed by atoms with Crippen LogP contribution < -0.4 is 10.1 Å². The summed E-state index contributed by atoms with van der Waals surface area (Å²) in [5.74, 6) is 0.922. The van der Waals surface area contributed by atoms with Crippen LogP contribution in [0.5, 0.6) is 5.75 Å². The van der Waals surface area contributed by atoms with Gasteiger partial charge in [-0.05, 0) is 49.7 Å². The molecule has 7 heteroatoms. The Kier molecular flexibility index (Phi) is 7.51. The number of ether oxygens (including phenoxy) is 1. The van der Waals surface area contributed by atoms with Crippen LogP contribution in [0.15, 0.2) is 30.3 Å². The number of hydrogen-bond donors (Lipinski definition) is 1. The number of nitrogens with zero attached hydrogens (tertiary/aromatic N) is 4. The van der Waals surface area contributed by atoms with Crippen LogP contribution in [-0.4, -0.2) is 52.3 Å². The molecule has 2 aromatic heterocycles. The van der Waals surface area contributed by atoms with Gasteiger partial charge in [0.1, 0.15) is 5.75 Å². The highest BCUT2D eigenvalue weighted by Crippen LogP contribution is 2.26. The van der Waals surface area contributed by atoms with Crippen LogP contribution in [0.2, 0.25) is 0 Å². The van der Waals surface area contributed by atoms with Crippen molar-refractivity contribution < 1.29 is 9.53 Å². The number of aromatic nitrogens is 3. The Hall–Kier alpha value is -2.93. The Morgan fingerprint density at radius 2 is 1.94 bits per heavy atom. The number of likely N-dealkylation sites (N-methyl/N-ethyl adjacent to an activating group) is 1. The average molecular weight is 438 g/mol. The minimum atomic E-state index is -0.101. The normalized spacial score (nSPS) is 12.5. The van der Waals surface area contributed by atoms with E-state index in [1.807, 2.05) is 38.2 Å². The zero-order valence-corrected chi connectivity index (χ0v) is 20.3. The molecule has 1 unspecified atom stereocenters. The maximum Gasteiger partial charge on any atom is 0.252 e. The molecule has 0 radical (unpaired) electrons. The maximum atomic E-state index is 13.4. The molecule has 0 saturated carbocycles. The third-order valence-electron chi connectivity index (χ3n) is 6.01. The lowest BCUT2D eigenvalue weighted by molar-refractivity contribution is 0.0936. The first kappa shape index (κ1) is 23.7. The van der Waals surface area contributed by atoms with E-state index in [4.69, 9.17) is 9.72 Å². The highest BCUT2D eigenvalue weighted by molar-refractivity contribution is 6.06. The number of nitrogens with one attached hydrogen (secondary N) is 1. The molecule has 1 aromatic carbocycles. The SMILES string of the molecule is CCN(CC)C(CNC(=O)c1cc(C(C)C)nc2c1c(C)nn2C)c1cccc(OC)c1. The summed E-state index contributed by atoms with van der Waals surface area (Å²) in [5.41, 5.74) is 4.19. The van der Waals surface area contributed by atoms with E-state index in [2.05, 4.69) is 49.1 Å². The number of benzene rings is 1. The number of fused-ring (bicyclic) bond motifs is 1. The molecule has 1 atom stereocenters. The predicted octanol–water partition coefficient (Wildman–Crippen LogP) is 4.22. The van der Waals surface area contributed by atoms with Crippen molar-refractivity contribution in [3.8, 4) is 5.75 Å². The summed E-state index contributed by atoms with van der Waals surface area (Å²) in [6.45, 7) is 12.6. The molecule has 0 bridgehead atoms. The van der Waals surface area contributed by atoms with Gasteiger partial charge in [-0.2, -0.15) is 5.10 Å². The van der Waals surface area contributed by atoms with E-state index in [9.17, 15) is 4.79 Å². The van der Waals surface area contributed by atoms with Gasteiger partial charge in [0.15, 0.2) is 5.65 Å². The van der Waals surface area contributed by atoms with Crippen LogP contribution in [0.4, 0.5) is 0 Å². The summed E-state index contributed by atoms with van der Waals surface area (Å²) >= 11 is 0. The minimum absolute atomic E-state index is 0.0425. The van der Waals surface area contributed by atoms with Crippen molar-refractivity contribution >= 4 is 16.9 Å². The van der Waals surface area contributed by atoms with Crippen molar-refractivity contribution in [2.75, 3.05) is 26.7 Å². The van der Waals surface area contributed by atoms with Crippen LogP contribution >= 0.6 is 0 Å². The van der Waals surface area contributed by atoms with E-state index in [1.165, 1.54) is 0 Å². The molecule has 3 rings (SSSR count). The lowest BCUT2D eigenvalue weighted by Gasteiger charge is -2.30. The number of carbonyl (C=O) groups excluding carboxylic acids is 1. The fraction of sp³-hybridized carbons (Fsp3) is 0.480. The van der Waals surface area contributed by atoms with E-state index in [0.29, 0.717) is 12.1 Å². The fourth-order valence-electron chi connectivity index (χ4n) is 4.19. The van der Waals surface area contributed by atoms with Crippen LogP contribution in [0, 0.1) is 6.92 Å². The molecule has 32 heavy (non-hydrogen) atoms. The molecule has 3 aromatic rings. The summed E-state index contributed by atoms with van der Waals surface area (Å²) in [7, 11) is 3.54. The van der Waals surface area contributed by atoms with Crippen molar-refractivity contribution in [3.63, 3.8) is 0 Å². The van der Waals surface area contributed by atoms with Gasteiger partial charge < -0.3 is 10.1 Å². The van der Waals surface area contributed by atoms with Crippen molar-refractivity contribution in [2.45, 2.75) is 46.6 Å². The van der Waals surface area contributed by atoms with Gasteiger partial charge in [0.2, 0.25) is 0 Å².